The molecule has 11 aromatic carbocycles. The number of aromatic nitrogens is 2. The molecule has 0 N–H and O–H groups in total. The van der Waals surface area contributed by atoms with Gasteiger partial charge in [-0.25, -0.2) is 4.98 Å². The fourth-order valence-corrected chi connectivity index (χ4v) is 9.94. The molecule has 0 radical (unpaired) electrons. The smallest absolute Gasteiger partial charge is 0.140 e. The molecule has 0 spiro atoms. The first kappa shape index (κ1) is 39.0. The number of imidazole rings is 1. The molecule has 0 aliphatic carbocycles. The number of aryl methyl sites for hydroxylation is 1. The van der Waals surface area contributed by atoms with E-state index in [1.165, 1.54) is 88.3 Å². The molecule has 66 heavy (non-hydrogen) atoms. The lowest BCUT2D eigenvalue weighted by Crippen LogP contribution is -1.94. The van der Waals surface area contributed by atoms with E-state index < -0.39 is 0 Å². The molecular weight excluding hydrogens is 797 g/mol. The molecule has 0 bridgehead atoms. The van der Waals surface area contributed by atoms with Gasteiger partial charge in [0.25, 0.3) is 0 Å². The summed E-state index contributed by atoms with van der Waals surface area (Å²) in [5.74, 6) is 0.958. The lowest BCUT2D eigenvalue weighted by Gasteiger charge is -2.21. The van der Waals surface area contributed by atoms with Crippen molar-refractivity contribution in [3.05, 3.63) is 249 Å². The average molecular weight is 841 g/mol. The second-order valence-electron chi connectivity index (χ2n) is 17.2. The Balaban J connectivity index is 1.16. The van der Waals surface area contributed by atoms with Gasteiger partial charge >= 0.3 is 0 Å². The molecule has 2 heteroatoms. The molecule has 0 amide bonds. The monoisotopic (exact) mass is 840 g/mol. The summed E-state index contributed by atoms with van der Waals surface area (Å²) in [6.45, 7) is 0. The highest BCUT2D eigenvalue weighted by Crippen LogP contribution is 2.48. The van der Waals surface area contributed by atoms with E-state index >= 15 is 0 Å². The second-order valence-corrected chi connectivity index (χ2v) is 17.2. The molecule has 310 valence electrons. The minimum atomic E-state index is 0.958. The van der Waals surface area contributed by atoms with Crippen molar-refractivity contribution in [1.29, 1.82) is 0 Å². The predicted molar refractivity (Wildman–Crippen MR) is 279 cm³/mol. The Morgan fingerprint density at radius 1 is 0.258 bits per heavy atom. The van der Waals surface area contributed by atoms with Crippen LogP contribution in [0.5, 0.6) is 0 Å². The summed E-state index contributed by atoms with van der Waals surface area (Å²) in [6, 6.07) is 90.6. The molecule has 12 rings (SSSR count). The topological polar surface area (TPSA) is 17.8 Å². The van der Waals surface area contributed by atoms with Crippen LogP contribution in [0.1, 0.15) is 0 Å². The normalized spacial score (nSPS) is 11.4. The summed E-state index contributed by atoms with van der Waals surface area (Å²) in [5.41, 5.74) is 19.7. The lowest BCUT2D eigenvalue weighted by atomic mass is 9.82. The Labute approximate surface area is 385 Å². The van der Waals surface area contributed by atoms with E-state index in [1.807, 2.05) is 0 Å². The van der Waals surface area contributed by atoms with Crippen molar-refractivity contribution >= 4 is 32.6 Å². The number of hydrogen-bond acceptors (Lipinski definition) is 1. The van der Waals surface area contributed by atoms with Crippen LogP contribution in [0.2, 0.25) is 0 Å². The first-order chi connectivity index (χ1) is 32.6. The zero-order valence-corrected chi connectivity index (χ0v) is 36.6. The predicted octanol–water partition coefficient (Wildman–Crippen LogP) is 17.2. The van der Waals surface area contributed by atoms with E-state index in [0.717, 1.165) is 33.5 Å². The van der Waals surface area contributed by atoms with Gasteiger partial charge in [0.1, 0.15) is 5.82 Å². The van der Waals surface area contributed by atoms with Crippen molar-refractivity contribution in [3.63, 3.8) is 0 Å². The summed E-state index contributed by atoms with van der Waals surface area (Å²) >= 11 is 0. The Bertz CT molecular complexity index is 3610. The van der Waals surface area contributed by atoms with Gasteiger partial charge < -0.3 is 4.57 Å². The van der Waals surface area contributed by atoms with Crippen molar-refractivity contribution in [2.75, 3.05) is 0 Å². The van der Waals surface area contributed by atoms with Crippen molar-refractivity contribution in [2.45, 2.75) is 0 Å². The maximum absolute atomic E-state index is 5.20. The third kappa shape index (κ3) is 7.06. The molecule has 0 saturated heterocycles. The first-order valence-electron chi connectivity index (χ1n) is 22.7. The Hall–Kier alpha value is -8.59. The van der Waals surface area contributed by atoms with Crippen molar-refractivity contribution < 1.29 is 0 Å². The highest BCUT2D eigenvalue weighted by atomic mass is 15.1. The van der Waals surface area contributed by atoms with Crippen LogP contribution in [0.15, 0.2) is 249 Å². The molecule has 12 aromatic rings. The maximum Gasteiger partial charge on any atom is 0.140 e. The zero-order chi connectivity index (χ0) is 44.0. The highest BCUT2D eigenvalue weighted by Gasteiger charge is 2.21. The maximum atomic E-state index is 5.20. The van der Waals surface area contributed by atoms with Crippen LogP contribution in [-0.4, -0.2) is 9.55 Å². The molecular formula is C64H44N2. The fraction of sp³-hybridized carbons (Fsp3) is 0.0156. The molecule has 1 aromatic heterocycles. The van der Waals surface area contributed by atoms with E-state index in [4.69, 9.17) is 4.98 Å². The van der Waals surface area contributed by atoms with Gasteiger partial charge in [-0.05, 0) is 154 Å². The summed E-state index contributed by atoms with van der Waals surface area (Å²) < 4.78 is 2.20. The summed E-state index contributed by atoms with van der Waals surface area (Å²) in [5, 5.41) is 4.82. The number of fused-ring (bicyclic) bond motifs is 3. The summed E-state index contributed by atoms with van der Waals surface area (Å²) in [6.07, 6.45) is 0. The number of nitrogens with zero attached hydrogens (tertiary/aromatic N) is 2. The SMILES string of the molecule is Cn1c(-c2ccccc2)nc2cc(-c3ccc4c(-c5cc(-c6ccccc6)cc(-c6ccccc6)c5)c5ccccc5c(-c5cc(-c6ccccc6)cc(-c6ccccc6)c5)c4c3)ccc21. The van der Waals surface area contributed by atoms with Crippen LogP contribution in [0.25, 0.3) is 122 Å². The Morgan fingerprint density at radius 3 is 1.06 bits per heavy atom. The third-order valence-electron chi connectivity index (χ3n) is 13.1. The van der Waals surface area contributed by atoms with Crippen LogP contribution < -0.4 is 0 Å². The van der Waals surface area contributed by atoms with E-state index in [0.29, 0.717) is 0 Å². The number of hydrogen-bond donors (Lipinski definition) is 0. The van der Waals surface area contributed by atoms with E-state index in [2.05, 4.69) is 260 Å². The molecule has 0 aliphatic rings. The Morgan fingerprint density at radius 2 is 0.606 bits per heavy atom. The van der Waals surface area contributed by atoms with Crippen LogP contribution in [0.4, 0.5) is 0 Å². The lowest BCUT2D eigenvalue weighted by molar-refractivity contribution is 0.959. The summed E-state index contributed by atoms with van der Waals surface area (Å²) in [7, 11) is 2.11. The quantitative estimate of drug-likeness (QED) is 0.139. The zero-order valence-electron chi connectivity index (χ0n) is 36.6. The molecule has 2 nitrogen and oxygen atoms in total. The standard InChI is InChI=1S/C64H44N2/c1-66-61-34-32-49(42-60(61)65-64(66)47-27-15-6-16-28-47)48-31-33-58-59(41-48)63(55-39-52(45-23-11-4-12-24-45)36-53(40-55)46-25-13-5-14-26-46)57-30-18-17-29-56(57)62(58)54-37-50(43-19-7-2-8-20-43)35-51(38-54)44-21-9-3-10-22-44/h2-42H,1H3. The molecule has 0 unspecified atom stereocenters. The van der Waals surface area contributed by atoms with Crippen LogP contribution >= 0.6 is 0 Å². The molecule has 0 fully saturated rings. The summed E-state index contributed by atoms with van der Waals surface area (Å²) in [4.78, 5) is 5.20. The molecule has 1 heterocycles. The van der Waals surface area contributed by atoms with Gasteiger partial charge in [0.05, 0.1) is 11.0 Å². The minimum Gasteiger partial charge on any atom is -0.327 e. The largest absolute Gasteiger partial charge is 0.327 e. The molecule has 0 saturated carbocycles. The minimum absolute atomic E-state index is 0.958. The van der Waals surface area contributed by atoms with Crippen LogP contribution in [-0.2, 0) is 7.05 Å². The van der Waals surface area contributed by atoms with Gasteiger partial charge in [-0.15, -0.1) is 0 Å². The number of benzene rings is 11. The second kappa shape index (κ2) is 16.5. The van der Waals surface area contributed by atoms with Gasteiger partial charge in [-0.2, -0.15) is 0 Å². The van der Waals surface area contributed by atoms with Gasteiger partial charge in [-0.1, -0.05) is 194 Å². The number of rotatable bonds is 8. The third-order valence-corrected chi connectivity index (χ3v) is 13.1. The average Bonchev–Trinajstić information content (AvgIpc) is 3.73. The van der Waals surface area contributed by atoms with Gasteiger partial charge in [0.15, 0.2) is 0 Å². The molecule has 0 atom stereocenters. The van der Waals surface area contributed by atoms with E-state index in [-0.39, 0.29) is 0 Å². The van der Waals surface area contributed by atoms with Gasteiger partial charge in [-0.3, -0.25) is 0 Å². The van der Waals surface area contributed by atoms with Crippen molar-refractivity contribution in [3.8, 4) is 89.3 Å². The van der Waals surface area contributed by atoms with Crippen molar-refractivity contribution in [1.82, 2.24) is 9.55 Å². The van der Waals surface area contributed by atoms with Gasteiger partial charge in [0, 0.05) is 12.6 Å². The van der Waals surface area contributed by atoms with Gasteiger partial charge in [0.2, 0.25) is 0 Å². The first-order valence-corrected chi connectivity index (χ1v) is 22.7. The highest BCUT2D eigenvalue weighted by molar-refractivity contribution is 6.22. The van der Waals surface area contributed by atoms with E-state index in [1.54, 1.807) is 0 Å². The van der Waals surface area contributed by atoms with Crippen LogP contribution in [0, 0.1) is 0 Å². The van der Waals surface area contributed by atoms with E-state index in [9.17, 15) is 0 Å². The van der Waals surface area contributed by atoms with Crippen LogP contribution in [0.3, 0.4) is 0 Å². The Kier molecular flexibility index (Phi) is 9.77. The fourth-order valence-electron chi connectivity index (χ4n) is 9.94. The van der Waals surface area contributed by atoms with Crippen molar-refractivity contribution in [2.24, 2.45) is 7.05 Å². The molecule has 0 aliphatic heterocycles.